The first-order valence-corrected chi connectivity index (χ1v) is 8.34. The highest BCUT2D eigenvalue weighted by Crippen LogP contribution is 2.27. The lowest BCUT2D eigenvalue weighted by atomic mass is 10.1. The van der Waals surface area contributed by atoms with E-state index in [1.807, 2.05) is 0 Å². The van der Waals surface area contributed by atoms with Crippen LogP contribution in [-0.2, 0) is 9.53 Å². The van der Waals surface area contributed by atoms with E-state index in [-0.39, 0.29) is 16.6 Å². The van der Waals surface area contributed by atoms with Crippen LogP contribution in [0.15, 0.2) is 48.5 Å². The lowest BCUT2D eigenvalue weighted by Gasteiger charge is -2.18. The molecule has 0 spiro atoms. The number of hydrogen-bond donors (Lipinski definition) is 1. The summed E-state index contributed by atoms with van der Waals surface area (Å²) in [5, 5.41) is 13.7. The molecule has 7 nitrogen and oxygen atoms in total. The molecule has 0 radical (unpaired) electrons. The Balaban J connectivity index is 1.84. The molecule has 0 unspecified atom stereocenters. The van der Waals surface area contributed by atoms with E-state index in [0.29, 0.717) is 5.56 Å². The lowest BCUT2D eigenvalue weighted by Crippen LogP contribution is -2.33. The largest absolute Gasteiger partial charge is 0.444 e. The maximum absolute atomic E-state index is 12.5. The Morgan fingerprint density at radius 2 is 1.88 bits per heavy atom. The second-order valence-corrected chi connectivity index (χ2v) is 6.31. The van der Waals surface area contributed by atoms with Crippen molar-refractivity contribution in [2.45, 2.75) is 25.0 Å². The number of nitro benzene ring substituents is 1. The number of halogens is 1. The molecule has 1 fully saturated rings. The molecule has 0 heterocycles. The van der Waals surface area contributed by atoms with Crippen LogP contribution in [0.4, 0.5) is 5.69 Å². The molecule has 1 saturated carbocycles. The molecule has 0 bridgehead atoms. The van der Waals surface area contributed by atoms with E-state index in [1.165, 1.54) is 12.1 Å². The van der Waals surface area contributed by atoms with Crippen molar-refractivity contribution < 1.29 is 19.2 Å². The van der Waals surface area contributed by atoms with Gasteiger partial charge >= 0.3 is 5.97 Å². The van der Waals surface area contributed by atoms with Gasteiger partial charge in [-0.3, -0.25) is 14.9 Å². The second kappa shape index (κ2) is 7.53. The molecule has 1 aliphatic rings. The zero-order valence-electron chi connectivity index (χ0n) is 13.6. The molecule has 3 rings (SSSR count). The number of esters is 1. The van der Waals surface area contributed by atoms with Gasteiger partial charge in [0.15, 0.2) is 0 Å². The van der Waals surface area contributed by atoms with Gasteiger partial charge in [0.25, 0.3) is 11.6 Å². The minimum absolute atomic E-state index is 0.0544. The Hall–Kier alpha value is -2.93. The van der Waals surface area contributed by atoms with Crippen molar-refractivity contribution in [3.8, 4) is 0 Å². The van der Waals surface area contributed by atoms with E-state index in [2.05, 4.69) is 5.32 Å². The Kier molecular flexibility index (Phi) is 5.18. The van der Waals surface area contributed by atoms with Crippen LogP contribution in [0, 0.1) is 10.1 Å². The number of carbonyl (C=O) groups excluding carboxylic acids is 2. The van der Waals surface area contributed by atoms with Crippen molar-refractivity contribution in [2.24, 2.45) is 0 Å². The molecular weight excluding hydrogens is 360 g/mol. The van der Waals surface area contributed by atoms with Gasteiger partial charge in [0, 0.05) is 17.7 Å². The van der Waals surface area contributed by atoms with E-state index in [9.17, 15) is 19.7 Å². The number of hydrogen-bond acceptors (Lipinski definition) is 5. The average Bonchev–Trinajstić information content (AvgIpc) is 3.44. The number of amides is 1. The molecule has 1 atom stereocenters. The van der Waals surface area contributed by atoms with Crippen molar-refractivity contribution in [3.63, 3.8) is 0 Å². The third-order valence-electron chi connectivity index (χ3n) is 3.87. The fourth-order valence-electron chi connectivity index (χ4n) is 2.36. The molecule has 26 heavy (non-hydrogen) atoms. The summed E-state index contributed by atoms with van der Waals surface area (Å²) in [6.07, 6.45) is 0.647. The van der Waals surface area contributed by atoms with Crippen molar-refractivity contribution in [1.29, 1.82) is 0 Å². The molecule has 0 aliphatic heterocycles. The van der Waals surface area contributed by atoms with Gasteiger partial charge < -0.3 is 10.1 Å². The van der Waals surface area contributed by atoms with Crippen molar-refractivity contribution in [3.05, 3.63) is 74.8 Å². The number of nitrogens with one attached hydrogen (secondary N) is 1. The van der Waals surface area contributed by atoms with Crippen LogP contribution in [0.1, 0.15) is 34.9 Å². The summed E-state index contributed by atoms with van der Waals surface area (Å²) in [5.41, 5.74) is 0.0588. The Bertz CT molecular complexity index is 852. The van der Waals surface area contributed by atoms with Crippen molar-refractivity contribution >= 4 is 29.2 Å². The summed E-state index contributed by atoms with van der Waals surface area (Å²) < 4.78 is 5.37. The van der Waals surface area contributed by atoms with Gasteiger partial charge in [0.05, 0.1) is 10.5 Å². The quantitative estimate of drug-likeness (QED) is 0.474. The van der Waals surface area contributed by atoms with Crippen molar-refractivity contribution in [2.75, 3.05) is 0 Å². The fraction of sp³-hybridized carbons (Fsp3) is 0.222. The highest BCUT2D eigenvalue weighted by molar-refractivity contribution is 6.32. The monoisotopic (exact) mass is 374 g/mol. The predicted molar refractivity (Wildman–Crippen MR) is 93.9 cm³/mol. The Morgan fingerprint density at radius 3 is 2.50 bits per heavy atom. The van der Waals surface area contributed by atoms with Crippen LogP contribution in [-0.4, -0.2) is 22.8 Å². The molecular formula is C18H15ClN2O5. The zero-order valence-corrected chi connectivity index (χ0v) is 14.3. The van der Waals surface area contributed by atoms with E-state index in [0.717, 1.165) is 18.9 Å². The smallest absolute Gasteiger partial charge is 0.339 e. The second-order valence-electron chi connectivity index (χ2n) is 5.90. The first-order chi connectivity index (χ1) is 12.5. The minimum Gasteiger partial charge on any atom is -0.444 e. The molecule has 8 heteroatoms. The molecule has 2 aromatic rings. The lowest BCUT2D eigenvalue weighted by molar-refractivity contribution is -0.384. The predicted octanol–water partition coefficient (Wildman–Crippen LogP) is 3.42. The van der Waals surface area contributed by atoms with Gasteiger partial charge in [0.1, 0.15) is 5.02 Å². The standard InChI is InChI=1S/C18H15ClN2O5/c19-14-9-6-12(10-15(14)21(24)25)18(23)26-16(11-4-2-1-3-5-11)17(22)20-13-7-8-13/h1-6,9-10,13,16H,7-8H2,(H,20,22)/t16-/m0/s1. The van der Waals surface area contributed by atoms with Crippen LogP contribution in [0.3, 0.4) is 0 Å². The van der Waals surface area contributed by atoms with Crippen LogP contribution >= 0.6 is 11.6 Å². The molecule has 1 amide bonds. The Morgan fingerprint density at radius 1 is 1.19 bits per heavy atom. The van der Waals surface area contributed by atoms with Crippen LogP contribution < -0.4 is 5.32 Å². The summed E-state index contributed by atoms with van der Waals surface area (Å²) in [6.45, 7) is 0. The summed E-state index contributed by atoms with van der Waals surface area (Å²) in [6, 6.07) is 12.3. The van der Waals surface area contributed by atoms with Crippen LogP contribution in [0.2, 0.25) is 5.02 Å². The third-order valence-corrected chi connectivity index (χ3v) is 4.19. The van der Waals surface area contributed by atoms with Gasteiger partial charge in [-0.15, -0.1) is 0 Å². The summed E-state index contributed by atoms with van der Waals surface area (Å²) in [5.74, 6) is -1.26. The van der Waals surface area contributed by atoms with E-state index < -0.39 is 28.6 Å². The molecule has 1 N–H and O–H groups in total. The molecule has 2 aromatic carbocycles. The summed E-state index contributed by atoms with van der Waals surface area (Å²) >= 11 is 5.75. The minimum atomic E-state index is -1.14. The normalized spacial score (nSPS) is 14.3. The maximum atomic E-state index is 12.5. The molecule has 134 valence electrons. The first-order valence-electron chi connectivity index (χ1n) is 7.96. The van der Waals surface area contributed by atoms with E-state index >= 15 is 0 Å². The summed E-state index contributed by atoms with van der Waals surface area (Å²) in [4.78, 5) is 35.2. The van der Waals surface area contributed by atoms with Crippen LogP contribution in [0.25, 0.3) is 0 Å². The highest BCUT2D eigenvalue weighted by Gasteiger charge is 2.31. The molecule has 1 aliphatic carbocycles. The number of benzene rings is 2. The van der Waals surface area contributed by atoms with Gasteiger partial charge in [-0.25, -0.2) is 4.79 Å². The van der Waals surface area contributed by atoms with Crippen LogP contribution in [0.5, 0.6) is 0 Å². The topological polar surface area (TPSA) is 98.5 Å². The summed E-state index contributed by atoms with van der Waals surface area (Å²) in [7, 11) is 0. The van der Waals surface area contributed by atoms with E-state index in [4.69, 9.17) is 16.3 Å². The van der Waals surface area contributed by atoms with Gasteiger partial charge in [0.2, 0.25) is 6.10 Å². The molecule has 0 saturated heterocycles. The van der Waals surface area contributed by atoms with Gasteiger partial charge in [-0.1, -0.05) is 41.9 Å². The maximum Gasteiger partial charge on any atom is 0.339 e. The first kappa shape index (κ1) is 17.9. The molecule has 0 aromatic heterocycles. The van der Waals surface area contributed by atoms with Gasteiger partial charge in [-0.2, -0.15) is 0 Å². The number of nitro groups is 1. The Labute approximate surface area is 154 Å². The highest BCUT2D eigenvalue weighted by atomic mass is 35.5. The average molecular weight is 375 g/mol. The fourth-order valence-corrected chi connectivity index (χ4v) is 2.55. The number of ether oxygens (including phenoxy) is 1. The van der Waals surface area contributed by atoms with Crippen molar-refractivity contribution in [1.82, 2.24) is 5.32 Å². The number of carbonyl (C=O) groups is 2. The number of nitrogens with zero attached hydrogens (tertiary/aromatic N) is 1. The van der Waals surface area contributed by atoms with Gasteiger partial charge in [-0.05, 0) is 25.0 Å². The zero-order chi connectivity index (χ0) is 18.7. The number of rotatable bonds is 6. The SMILES string of the molecule is O=C(O[C@H](C(=O)NC1CC1)c1ccccc1)c1ccc(Cl)c([N+](=O)[O-])c1. The third kappa shape index (κ3) is 4.18. The van der Waals surface area contributed by atoms with E-state index in [1.54, 1.807) is 30.3 Å².